The smallest absolute Gasteiger partial charge is 0.406 e. The van der Waals surface area contributed by atoms with Gasteiger partial charge in [-0.1, -0.05) is 6.07 Å². The standard InChI is InChI=1S/C14H9F3INO2/c15-14(16,17)21-12-3-1-2-11(8-12)19-13(20)9-4-6-10(18)7-5-9/h1-8H,(H,19,20). The van der Waals surface area contributed by atoms with E-state index >= 15 is 0 Å². The molecule has 21 heavy (non-hydrogen) atoms. The second-order valence-corrected chi connectivity index (χ2v) is 5.28. The summed E-state index contributed by atoms with van der Waals surface area (Å²) in [7, 11) is 0. The van der Waals surface area contributed by atoms with Crippen molar-refractivity contribution < 1.29 is 22.7 Å². The number of rotatable bonds is 3. The first kappa shape index (κ1) is 15.6. The number of nitrogens with one attached hydrogen (secondary N) is 1. The number of hydrogen-bond donors (Lipinski definition) is 1. The topological polar surface area (TPSA) is 38.3 Å². The van der Waals surface area contributed by atoms with E-state index in [-0.39, 0.29) is 11.4 Å². The first-order chi connectivity index (χ1) is 9.83. The van der Waals surface area contributed by atoms with Gasteiger partial charge in [-0.25, -0.2) is 0 Å². The number of halogens is 4. The third kappa shape index (κ3) is 4.92. The Morgan fingerprint density at radius 3 is 2.38 bits per heavy atom. The monoisotopic (exact) mass is 407 g/mol. The van der Waals surface area contributed by atoms with Crippen LogP contribution in [0.15, 0.2) is 48.5 Å². The fraction of sp³-hybridized carbons (Fsp3) is 0.0714. The molecule has 0 fully saturated rings. The Morgan fingerprint density at radius 2 is 1.76 bits per heavy atom. The highest BCUT2D eigenvalue weighted by Crippen LogP contribution is 2.25. The molecule has 3 nitrogen and oxygen atoms in total. The van der Waals surface area contributed by atoms with Crippen molar-refractivity contribution >= 4 is 34.2 Å². The number of benzene rings is 2. The maximum absolute atomic E-state index is 12.1. The quantitative estimate of drug-likeness (QED) is 0.765. The van der Waals surface area contributed by atoms with Crippen molar-refractivity contribution in [2.24, 2.45) is 0 Å². The normalized spacial score (nSPS) is 11.0. The number of ether oxygens (including phenoxy) is 1. The van der Waals surface area contributed by atoms with Gasteiger partial charge in [0.2, 0.25) is 0 Å². The second-order valence-electron chi connectivity index (χ2n) is 4.04. The first-order valence-electron chi connectivity index (χ1n) is 5.76. The van der Waals surface area contributed by atoms with Crippen LogP contribution in [-0.2, 0) is 0 Å². The molecule has 0 spiro atoms. The zero-order chi connectivity index (χ0) is 15.5. The predicted octanol–water partition coefficient (Wildman–Crippen LogP) is 4.44. The van der Waals surface area contributed by atoms with Gasteiger partial charge in [0, 0.05) is 20.9 Å². The van der Waals surface area contributed by atoms with Gasteiger partial charge in [-0.3, -0.25) is 4.79 Å². The van der Waals surface area contributed by atoms with Crippen LogP contribution in [0.5, 0.6) is 5.75 Å². The molecule has 0 atom stereocenters. The Bertz CT molecular complexity index is 641. The first-order valence-corrected chi connectivity index (χ1v) is 6.84. The number of amides is 1. The SMILES string of the molecule is O=C(Nc1cccc(OC(F)(F)F)c1)c1ccc(I)cc1. The lowest BCUT2D eigenvalue weighted by Crippen LogP contribution is -2.17. The Balaban J connectivity index is 2.10. The minimum atomic E-state index is -4.77. The Kier molecular flexibility index (Phi) is 4.71. The molecule has 1 amide bonds. The summed E-state index contributed by atoms with van der Waals surface area (Å²) in [5.74, 6) is -0.793. The molecular weight excluding hydrogens is 398 g/mol. The van der Waals surface area contributed by atoms with Crippen LogP contribution in [0.25, 0.3) is 0 Å². The van der Waals surface area contributed by atoms with Crippen molar-refractivity contribution in [2.45, 2.75) is 6.36 Å². The lowest BCUT2D eigenvalue weighted by atomic mass is 10.2. The Hall–Kier alpha value is -1.77. The molecule has 0 radical (unpaired) electrons. The molecule has 0 aliphatic heterocycles. The average molecular weight is 407 g/mol. The Morgan fingerprint density at radius 1 is 1.10 bits per heavy atom. The largest absolute Gasteiger partial charge is 0.573 e. The van der Waals surface area contributed by atoms with Crippen LogP contribution < -0.4 is 10.1 Å². The molecule has 7 heteroatoms. The van der Waals surface area contributed by atoms with E-state index in [0.717, 1.165) is 15.7 Å². The van der Waals surface area contributed by atoms with Gasteiger partial charge in [-0.2, -0.15) is 0 Å². The van der Waals surface area contributed by atoms with Gasteiger partial charge in [0.15, 0.2) is 0 Å². The molecule has 0 aliphatic carbocycles. The van der Waals surface area contributed by atoms with Crippen LogP contribution in [0.4, 0.5) is 18.9 Å². The molecule has 0 saturated carbocycles. The van der Waals surface area contributed by atoms with Crippen LogP contribution in [0.3, 0.4) is 0 Å². The van der Waals surface area contributed by atoms with Gasteiger partial charge in [0.05, 0.1) is 0 Å². The van der Waals surface area contributed by atoms with Crippen molar-refractivity contribution in [1.29, 1.82) is 0 Å². The molecule has 0 heterocycles. The maximum atomic E-state index is 12.1. The number of carbonyl (C=O) groups excluding carboxylic acids is 1. The molecule has 0 unspecified atom stereocenters. The molecule has 2 aromatic carbocycles. The third-order valence-corrected chi connectivity index (χ3v) is 3.15. The minimum absolute atomic E-state index is 0.222. The number of carbonyl (C=O) groups is 1. The van der Waals surface area contributed by atoms with E-state index < -0.39 is 12.3 Å². The lowest BCUT2D eigenvalue weighted by Gasteiger charge is -2.10. The molecule has 0 aliphatic rings. The number of hydrogen-bond acceptors (Lipinski definition) is 2. The minimum Gasteiger partial charge on any atom is -0.406 e. The molecular formula is C14H9F3INO2. The van der Waals surface area contributed by atoms with E-state index in [2.05, 4.69) is 32.6 Å². The summed E-state index contributed by atoms with van der Waals surface area (Å²) in [6.07, 6.45) is -4.77. The summed E-state index contributed by atoms with van der Waals surface area (Å²) in [6, 6.07) is 11.9. The van der Waals surface area contributed by atoms with Crippen LogP contribution in [0.2, 0.25) is 0 Å². The molecule has 0 aromatic heterocycles. The van der Waals surface area contributed by atoms with Crippen molar-refractivity contribution in [3.63, 3.8) is 0 Å². The van der Waals surface area contributed by atoms with E-state index in [1.54, 1.807) is 24.3 Å². The zero-order valence-electron chi connectivity index (χ0n) is 10.4. The highest BCUT2D eigenvalue weighted by atomic mass is 127. The van der Waals surface area contributed by atoms with Gasteiger partial charge in [-0.05, 0) is 59.0 Å². The summed E-state index contributed by atoms with van der Waals surface area (Å²) in [5.41, 5.74) is 0.637. The van der Waals surface area contributed by atoms with E-state index in [0.29, 0.717) is 5.56 Å². The fourth-order valence-electron chi connectivity index (χ4n) is 1.58. The third-order valence-electron chi connectivity index (χ3n) is 2.43. The summed E-state index contributed by atoms with van der Waals surface area (Å²) < 4.78 is 41.2. The van der Waals surface area contributed by atoms with Crippen molar-refractivity contribution in [3.8, 4) is 5.75 Å². The summed E-state index contributed by atoms with van der Waals surface area (Å²) in [4.78, 5) is 11.9. The molecule has 2 rings (SSSR count). The van der Waals surface area contributed by atoms with Gasteiger partial charge in [0.25, 0.3) is 5.91 Å². The highest BCUT2D eigenvalue weighted by Gasteiger charge is 2.31. The molecule has 110 valence electrons. The summed E-state index contributed by atoms with van der Waals surface area (Å²) >= 11 is 2.11. The highest BCUT2D eigenvalue weighted by molar-refractivity contribution is 14.1. The van der Waals surface area contributed by atoms with Crippen molar-refractivity contribution in [1.82, 2.24) is 0 Å². The van der Waals surface area contributed by atoms with Crippen LogP contribution in [0.1, 0.15) is 10.4 Å². The molecule has 0 bridgehead atoms. The maximum Gasteiger partial charge on any atom is 0.573 e. The van der Waals surface area contributed by atoms with E-state index in [4.69, 9.17) is 0 Å². The second kappa shape index (κ2) is 6.33. The number of anilines is 1. The number of alkyl halides is 3. The zero-order valence-corrected chi connectivity index (χ0v) is 12.6. The summed E-state index contributed by atoms with van der Waals surface area (Å²) in [6.45, 7) is 0. The van der Waals surface area contributed by atoms with Gasteiger partial charge in [-0.15, -0.1) is 13.2 Å². The van der Waals surface area contributed by atoms with E-state index in [1.165, 1.54) is 12.1 Å². The van der Waals surface area contributed by atoms with Crippen LogP contribution >= 0.6 is 22.6 Å². The fourth-order valence-corrected chi connectivity index (χ4v) is 1.94. The van der Waals surface area contributed by atoms with Crippen molar-refractivity contribution in [3.05, 3.63) is 57.7 Å². The van der Waals surface area contributed by atoms with Crippen LogP contribution in [0, 0.1) is 3.57 Å². The van der Waals surface area contributed by atoms with Gasteiger partial charge >= 0.3 is 6.36 Å². The molecule has 0 saturated heterocycles. The summed E-state index contributed by atoms with van der Waals surface area (Å²) in [5, 5.41) is 2.52. The van der Waals surface area contributed by atoms with E-state index in [9.17, 15) is 18.0 Å². The lowest BCUT2D eigenvalue weighted by molar-refractivity contribution is -0.274. The van der Waals surface area contributed by atoms with Gasteiger partial charge < -0.3 is 10.1 Å². The van der Waals surface area contributed by atoms with Crippen LogP contribution in [-0.4, -0.2) is 12.3 Å². The predicted molar refractivity (Wildman–Crippen MR) is 80.2 cm³/mol. The average Bonchev–Trinajstić information content (AvgIpc) is 2.37. The Labute approximate surface area is 132 Å². The van der Waals surface area contributed by atoms with Gasteiger partial charge in [0.1, 0.15) is 5.75 Å². The van der Waals surface area contributed by atoms with Crippen molar-refractivity contribution in [2.75, 3.05) is 5.32 Å². The van der Waals surface area contributed by atoms with E-state index in [1.807, 2.05) is 0 Å². The molecule has 1 N–H and O–H groups in total. The molecule has 2 aromatic rings.